The first-order valence-corrected chi connectivity index (χ1v) is 11.5. The van der Waals surface area contributed by atoms with E-state index in [4.69, 9.17) is 4.74 Å². The van der Waals surface area contributed by atoms with Gasteiger partial charge in [-0.2, -0.15) is 0 Å². The normalized spacial score (nSPS) is 14.9. The fourth-order valence-electron chi connectivity index (χ4n) is 4.81. The molecule has 1 amide bonds. The summed E-state index contributed by atoms with van der Waals surface area (Å²) in [5.74, 6) is -1.06. The van der Waals surface area contributed by atoms with Crippen LogP contribution in [0.5, 0.6) is 0 Å². The average molecular weight is 458 g/mol. The molecule has 7 heteroatoms. The molecule has 3 aromatic carbocycles. The summed E-state index contributed by atoms with van der Waals surface area (Å²) in [7, 11) is 1.61. The predicted molar refractivity (Wildman–Crippen MR) is 132 cm³/mol. The zero-order chi connectivity index (χ0) is 23.7. The molecule has 2 aliphatic rings. The maximum Gasteiger partial charge on any atom is 0.414 e. The number of hydrogen-bond acceptors (Lipinski definition) is 5. The molecule has 0 saturated carbocycles. The number of carboxylic acids is 1. The SMILES string of the molecule is CN(C(=O)OCC1c2ccccc2-c2ccccc21)c1cc(C(=O)O)cc(N2CCNCC2)c1. The number of anilines is 2. The Hall–Kier alpha value is -3.84. The van der Waals surface area contributed by atoms with Gasteiger partial charge in [-0.25, -0.2) is 9.59 Å². The minimum atomic E-state index is -1.03. The van der Waals surface area contributed by atoms with E-state index in [1.807, 2.05) is 30.3 Å². The van der Waals surface area contributed by atoms with Crippen LogP contribution in [0.2, 0.25) is 0 Å². The number of rotatable bonds is 5. The van der Waals surface area contributed by atoms with Crippen molar-refractivity contribution in [3.05, 3.63) is 83.4 Å². The van der Waals surface area contributed by atoms with Crippen LogP contribution in [0.1, 0.15) is 27.4 Å². The van der Waals surface area contributed by atoms with Crippen molar-refractivity contribution in [3.8, 4) is 11.1 Å². The predicted octanol–water partition coefficient (Wildman–Crippen LogP) is 4.18. The molecule has 5 rings (SSSR count). The lowest BCUT2D eigenvalue weighted by atomic mass is 9.98. The molecule has 1 saturated heterocycles. The number of nitrogens with zero attached hydrogens (tertiary/aromatic N) is 2. The van der Waals surface area contributed by atoms with E-state index < -0.39 is 12.1 Å². The lowest BCUT2D eigenvalue weighted by molar-refractivity contribution is 0.0696. The summed E-state index contributed by atoms with van der Waals surface area (Å²) in [6.45, 7) is 3.42. The van der Waals surface area contributed by atoms with Crippen molar-refractivity contribution in [1.29, 1.82) is 0 Å². The van der Waals surface area contributed by atoms with Crippen LogP contribution in [-0.2, 0) is 4.74 Å². The van der Waals surface area contributed by atoms with Gasteiger partial charge in [-0.05, 0) is 40.5 Å². The molecule has 1 aliphatic carbocycles. The maximum absolute atomic E-state index is 13.0. The highest BCUT2D eigenvalue weighted by Crippen LogP contribution is 2.44. The zero-order valence-corrected chi connectivity index (χ0v) is 19.0. The molecule has 0 spiro atoms. The number of nitrogens with one attached hydrogen (secondary N) is 1. The van der Waals surface area contributed by atoms with Crippen LogP contribution in [0.15, 0.2) is 66.7 Å². The van der Waals surface area contributed by atoms with Crippen molar-refractivity contribution < 1.29 is 19.4 Å². The van der Waals surface area contributed by atoms with Gasteiger partial charge in [0.1, 0.15) is 6.61 Å². The summed E-state index contributed by atoms with van der Waals surface area (Å²) in [6.07, 6.45) is -0.518. The minimum Gasteiger partial charge on any atom is -0.478 e. The number of fused-ring (bicyclic) bond motifs is 3. The lowest BCUT2D eigenvalue weighted by Crippen LogP contribution is -2.43. The first kappa shape index (κ1) is 22.0. The molecule has 1 fully saturated rings. The largest absolute Gasteiger partial charge is 0.478 e. The van der Waals surface area contributed by atoms with E-state index in [9.17, 15) is 14.7 Å². The van der Waals surface area contributed by atoms with E-state index in [0.717, 1.165) is 43.0 Å². The highest BCUT2D eigenvalue weighted by Gasteiger charge is 2.29. The van der Waals surface area contributed by atoms with Crippen molar-refractivity contribution >= 4 is 23.4 Å². The molecule has 34 heavy (non-hydrogen) atoms. The third-order valence-corrected chi connectivity index (χ3v) is 6.63. The molecule has 1 heterocycles. The van der Waals surface area contributed by atoms with Crippen molar-refractivity contribution in [3.63, 3.8) is 0 Å². The second-order valence-electron chi connectivity index (χ2n) is 8.64. The smallest absolute Gasteiger partial charge is 0.414 e. The van der Waals surface area contributed by atoms with Crippen LogP contribution in [0.3, 0.4) is 0 Å². The molecular formula is C27H27N3O4. The third-order valence-electron chi connectivity index (χ3n) is 6.63. The average Bonchev–Trinajstić information content (AvgIpc) is 3.20. The molecule has 0 atom stereocenters. The Morgan fingerprint density at radius 3 is 2.24 bits per heavy atom. The quantitative estimate of drug-likeness (QED) is 0.598. The summed E-state index contributed by atoms with van der Waals surface area (Å²) in [4.78, 5) is 28.3. The Morgan fingerprint density at radius 2 is 1.62 bits per heavy atom. The van der Waals surface area contributed by atoms with Crippen molar-refractivity contribution in [1.82, 2.24) is 5.32 Å². The fraction of sp³-hybridized carbons (Fsp3) is 0.259. The number of aromatic carboxylic acids is 1. The Kier molecular flexibility index (Phi) is 5.94. The monoisotopic (exact) mass is 457 g/mol. The molecule has 1 aliphatic heterocycles. The Bertz CT molecular complexity index is 1190. The number of ether oxygens (including phenoxy) is 1. The molecular weight excluding hydrogens is 430 g/mol. The van der Waals surface area contributed by atoms with Crippen LogP contribution in [0.4, 0.5) is 16.2 Å². The topological polar surface area (TPSA) is 82.1 Å². The van der Waals surface area contributed by atoms with Gasteiger partial charge in [-0.15, -0.1) is 0 Å². The number of piperazine rings is 1. The molecule has 0 bridgehead atoms. The van der Waals surface area contributed by atoms with E-state index in [-0.39, 0.29) is 18.1 Å². The van der Waals surface area contributed by atoms with Crippen molar-refractivity contribution in [2.75, 3.05) is 49.6 Å². The van der Waals surface area contributed by atoms with E-state index in [1.54, 1.807) is 13.1 Å². The third kappa shape index (κ3) is 4.10. The van der Waals surface area contributed by atoms with E-state index in [1.165, 1.54) is 22.1 Å². The summed E-state index contributed by atoms with van der Waals surface area (Å²) in [5.41, 5.74) is 6.05. The van der Waals surface area contributed by atoms with Crippen LogP contribution in [0.25, 0.3) is 11.1 Å². The van der Waals surface area contributed by atoms with E-state index in [2.05, 4.69) is 34.5 Å². The maximum atomic E-state index is 13.0. The first-order valence-electron chi connectivity index (χ1n) is 11.5. The minimum absolute atomic E-state index is 0.0356. The Labute approximate surface area is 198 Å². The van der Waals surface area contributed by atoms with E-state index >= 15 is 0 Å². The van der Waals surface area contributed by atoms with Gasteiger partial charge in [0, 0.05) is 50.5 Å². The molecule has 174 valence electrons. The van der Waals surface area contributed by atoms with Gasteiger partial charge in [0.15, 0.2) is 0 Å². The summed E-state index contributed by atoms with van der Waals surface area (Å²) >= 11 is 0. The Morgan fingerprint density at radius 1 is 1.00 bits per heavy atom. The van der Waals surface area contributed by atoms with Gasteiger partial charge >= 0.3 is 12.1 Å². The van der Waals surface area contributed by atoms with Gasteiger partial charge in [0.05, 0.1) is 5.56 Å². The second-order valence-corrected chi connectivity index (χ2v) is 8.64. The highest BCUT2D eigenvalue weighted by atomic mass is 16.6. The summed E-state index contributed by atoms with van der Waals surface area (Å²) in [6, 6.07) is 21.4. The molecule has 3 aromatic rings. The fourth-order valence-corrected chi connectivity index (χ4v) is 4.81. The Balaban J connectivity index is 1.36. The van der Waals surface area contributed by atoms with Gasteiger partial charge in [-0.1, -0.05) is 48.5 Å². The second kappa shape index (κ2) is 9.19. The summed E-state index contributed by atoms with van der Waals surface area (Å²) in [5, 5.41) is 12.9. The lowest BCUT2D eigenvalue weighted by Gasteiger charge is -2.30. The summed E-state index contributed by atoms with van der Waals surface area (Å²) < 4.78 is 5.76. The van der Waals surface area contributed by atoms with Crippen molar-refractivity contribution in [2.45, 2.75) is 5.92 Å². The highest BCUT2D eigenvalue weighted by molar-refractivity contribution is 5.94. The number of carbonyl (C=O) groups is 2. The van der Waals surface area contributed by atoms with Crippen LogP contribution >= 0.6 is 0 Å². The van der Waals surface area contributed by atoms with Gasteiger partial charge in [0.2, 0.25) is 0 Å². The molecule has 7 nitrogen and oxygen atoms in total. The number of carbonyl (C=O) groups excluding carboxylic acids is 1. The number of carboxylic acid groups (broad SMARTS) is 1. The van der Waals surface area contributed by atoms with Crippen LogP contribution in [0, 0.1) is 0 Å². The van der Waals surface area contributed by atoms with Gasteiger partial charge in [-0.3, -0.25) is 4.90 Å². The first-order chi connectivity index (χ1) is 16.5. The number of benzene rings is 3. The molecule has 0 aromatic heterocycles. The molecule has 2 N–H and O–H groups in total. The number of amides is 1. The van der Waals surface area contributed by atoms with Gasteiger partial charge in [0.25, 0.3) is 0 Å². The van der Waals surface area contributed by atoms with Crippen LogP contribution in [-0.4, -0.2) is 57.0 Å². The standard InChI is InChI=1S/C27H27N3O4/c1-29(19-14-18(26(31)32)15-20(16-19)30-12-10-28-11-13-30)27(33)34-17-25-23-8-4-2-6-21(23)22-7-3-5-9-24(22)25/h2-9,14-16,25,28H,10-13,17H2,1H3,(H,31,32). The van der Waals surface area contributed by atoms with E-state index in [0.29, 0.717) is 5.69 Å². The molecule has 0 radical (unpaired) electrons. The zero-order valence-electron chi connectivity index (χ0n) is 19.0. The van der Waals surface area contributed by atoms with Gasteiger partial charge < -0.3 is 20.1 Å². The van der Waals surface area contributed by atoms with Crippen LogP contribution < -0.4 is 15.1 Å². The van der Waals surface area contributed by atoms with Crippen molar-refractivity contribution in [2.24, 2.45) is 0 Å². The molecule has 0 unspecified atom stereocenters. The number of hydrogen-bond donors (Lipinski definition) is 2.